The number of rotatable bonds is 1. The van der Waals surface area contributed by atoms with Crippen molar-refractivity contribution in [3.63, 3.8) is 0 Å². The first-order chi connectivity index (χ1) is 8.29. The van der Waals surface area contributed by atoms with Crippen molar-refractivity contribution in [3.05, 3.63) is 29.5 Å². The first-order valence-corrected chi connectivity index (χ1v) is 5.65. The van der Waals surface area contributed by atoms with E-state index in [1.54, 1.807) is 13.4 Å². The van der Waals surface area contributed by atoms with Crippen LogP contribution in [0.1, 0.15) is 11.1 Å². The average molecular weight is 234 g/mol. The third kappa shape index (κ3) is 1.69. The van der Waals surface area contributed by atoms with Crippen LogP contribution in [-0.4, -0.2) is 25.1 Å². The topological polar surface area (TPSA) is 51.8 Å². The minimum Gasteiger partial charge on any atom is -0.493 e. The van der Waals surface area contributed by atoms with E-state index in [2.05, 4.69) is 0 Å². The van der Waals surface area contributed by atoms with Crippen LogP contribution < -0.4 is 4.74 Å². The van der Waals surface area contributed by atoms with Gasteiger partial charge >= 0.3 is 0 Å². The SMILES string of the molecule is COc1ccc2c3c(coc13)CCOC(O)C2. The van der Waals surface area contributed by atoms with Gasteiger partial charge in [-0.15, -0.1) is 0 Å². The predicted molar refractivity (Wildman–Crippen MR) is 62.1 cm³/mol. The number of hydrogen-bond donors (Lipinski definition) is 1. The standard InChI is InChI=1S/C13H14O4/c1-15-10-3-2-8-6-11(14)16-5-4-9-7-17-13(10)12(8)9/h2-3,7,11,14H,4-6H2,1H3. The zero-order chi connectivity index (χ0) is 11.8. The molecule has 1 unspecified atom stereocenters. The summed E-state index contributed by atoms with van der Waals surface area (Å²) in [5.74, 6) is 0.728. The van der Waals surface area contributed by atoms with Crippen LogP contribution in [0.25, 0.3) is 11.0 Å². The monoisotopic (exact) mass is 234 g/mol. The third-order valence-corrected chi connectivity index (χ3v) is 3.14. The molecule has 90 valence electrons. The van der Waals surface area contributed by atoms with E-state index in [1.807, 2.05) is 12.1 Å². The molecule has 2 aromatic rings. The Labute approximate surface area is 98.7 Å². The lowest BCUT2D eigenvalue weighted by atomic mass is 10.0. The maximum absolute atomic E-state index is 9.67. The van der Waals surface area contributed by atoms with Gasteiger partial charge < -0.3 is 19.0 Å². The highest BCUT2D eigenvalue weighted by Gasteiger charge is 2.19. The molecule has 4 heteroatoms. The van der Waals surface area contributed by atoms with E-state index in [-0.39, 0.29) is 0 Å². The van der Waals surface area contributed by atoms with Crippen LogP contribution in [0.5, 0.6) is 5.75 Å². The van der Waals surface area contributed by atoms with Gasteiger partial charge in [-0.25, -0.2) is 0 Å². The van der Waals surface area contributed by atoms with Crippen LogP contribution in [0, 0.1) is 0 Å². The fourth-order valence-corrected chi connectivity index (χ4v) is 2.33. The fraction of sp³-hybridized carbons (Fsp3) is 0.385. The molecule has 0 amide bonds. The number of aliphatic hydroxyl groups excluding tert-OH is 1. The van der Waals surface area contributed by atoms with Gasteiger partial charge in [0.05, 0.1) is 20.0 Å². The normalized spacial score (nSPS) is 20.0. The van der Waals surface area contributed by atoms with Gasteiger partial charge in [-0.1, -0.05) is 6.07 Å². The Morgan fingerprint density at radius 1 is 1.35 bits per heavy atom. The quantitative estimate of drug-likeness (QED) is 0.818. The van der Waals surface area contributed by atoms with Crippen molar-refractivity contribution in [3.8, 4) is 5.75 Å². The summed E-state index contributed by atoms with van der Waals surface area (Å²) in [6.07, 6.45) is 2.23. The van der Waals surface area contributed by atoms with E-state index >= 15 is 0 Å². The molecular weight excluding hydrogens is 220 g/mol. The predicted octanol–water partition coefficient (Wildman–Crippen LogP) is 1.87. The lowest BCUT2D eigenvalue weighted by Gasteiger charge is -2.16. The van der Waals surface area contributed by atoms with Crippen molar-refractivity contribution in [2.75, 3.05) is 13.7 Å². The Balaban J connectivity index is 2.24. The molecule has 1 aromatic carbocycles. The van der Waals surface area contributed by atoms with Crippen molar-refractivity contribution in [2.24, 2.45) is 0 Å². The Bertz CT molecular complexity index is 544. The summed E-state index contributed by atoms with van der Waals surface area (Å²) in [5.41, 5.74) is 2.91. The number of ether oxygens (including phenoxy) is 2. The Kier molecular flexibility index (Phi) is 2.53. The lowest BCUT2D eigenvalue weighted by Crippen LogP contribution is -2.19. The summed E-state index contributed by atoms with van der Waals surface area (Å²) in [5, 5.41) is 10.7. The second-order valence-corrected chi connectivity index (χ2v) is 4.17. The van der Waals surface area contributed by atoms with Crippen molar-refractivity contribution in [2.45, 2.75) is 19.1 Å². The van der Waals surface area contributed by atoms with Gasteiger partial charge in [-0.05, 0) is 18.1 Å². The van der Waals surface area contributed by atoms with E-state index < -0.39 is 6.29 Å². The molecule has 0 fully saturated rings. The summed E-state index contributed by atoms with van der Waals surface area (Å²) >= 11 is 0. The molecule has 1 aliphatic heterocycles. The van der Waals surface area contributed by atoms with Crippen LogP contribution in [-0.2, 0) is 17.6 Å². The highest BCUT2D eigenvalue weighted by Crippen LogP contribution is 2.34. The zero-order valence-corrected chi connectivity index (χ0v) is 9.60. The Morgan fingerprint density at radius 2 is 2.24 bits per heavy atom. The molecular formula is C13H14O4. The van der Waals surface area contributed by atoms with E-state index in [1.165, 1.54) is 0 Å². The van der Waals surface area contributed by atoms with Crippen molar-refractivity contribution in [1.29, 1.82) is 0 Å². The fourth-order valence-electron chi connectivity index (χ4n) is 2.33. The molecule has 0 bridgehead atoms. The first-order valence-electron chi connectivity index (χ1n) is 5.65. The molecule has 0 aliphatic carbocycles. The molecule has 17 heavy (non-hydrogen) atoms. The summed E-state index contributed by atoms with van der Waals surface area (Å²) < 4.78 is 16.1. The van der Waals surface area contributed by atoms with Crippen LogP contribution in [0.3, 0.4) is 0 Å². The van der Waals surface area contributed by atoms with Gasteiger partial charge in [0.1, 0.15) is 0 Å². The molecule has 0 saturated carbocycles. The van der Waals surface area contributed by atoms with Gasteiger partial charge in [0.2, 0.25) is 0 Å². The number of methoxy groups -OCH3 is 1. The minimum absolute atomic E-state index is 0.479. The number of hydrogen-bond acceptors (Lipinski definition) is 4. The molecule has 1 N–H and O–H groups in total. The van der Waals surface area contributed by atoms with Gasteiger partial charge in [0.25, 0.3) is 0 Å². The molecule has 1 aromatic heterocycles. The van der Waals surface area contributed by atoms with E-state index in [0.717, 1.165) is 34.3 Å². The third-order valence-electron chi connectivity index (χ3n) is 3.14. The van der Waals surface area contributed by atoms with Gasteiger partial charge in [0, 0.05) is 17.4 Å². The van der Waals surface area contributed by atoms with E-state index in [0.29, 0.717) is 13.0 Å². The molecule has 0 saturated heterocycles. The van der Waals surface area contributed by atoms with Crippen molar-refractivity contribution < 1.29 is 19.0 Å². The molecule has 1 atom stereocenters. The Morgan fingerprint density at radius 3 is 3.06 bits per heavy atom. The van der Waals surface area contributed by atoms with Crippen molar-refractivity contribution in [1.82, 2.24) is 0 Å². The lowest BCUT2D eigenvalue weighted by molar-refractivity contribution is -0.0968. The van der Waals surface area contributed by atoms with Gasteiger partial charge in [0.15, 0.2) is 17.6 Å². The second-order valence-electron chi connectivity index (χ2n) is 4.17. The highest BCUT2D eigenvalue weighted by atomic mass is 16.6. The Hall–Kier alpha value is -1.52. The summed E-state index contributed by atoms with van der Waals surface area (Å²) in [7, 11) is 1.63. The van der Waals surface area contributed by atoms with Crippen LogP contribution in [0.2, 0.25) is 0 Å². The largest absolute Gasteiger partial charge is 0.493 e. The smallest absolute Gasteiger partial charge is 0.176 e. The zero-order valence-electron chi connectivity index (χ0n) is 9.60. The number of benzene rings is 1. The van der Waals surface area contributed by atoms with Crippen LogP contribution in [0.4, 0.5) is 0 Å². The van der Waals surface area contributed by atoms with E-state index in [4.69, 9.17) is 13.9 Å². The molecule has 2 heterocycles. The van der Waals surface area contributed by atoms with Crippen LogP contribution in [0.15, 0.2) is 22.8 Å². The van der Waals surface area contributed by atoms with Crippen molar-refractivity contribution >= 4 is 11.0 Å². The maximum atomic E-state index is 9.67. The maximum Gasteiger partial charge on any atom is 0.176 e. The molecule has 1 aliphatic rings. The molecule has 0 spiro atoms. The second kappa shape index (κ2) is 4.05. The van der Waals surface area contributed by atoms with E-state index in [9.17, 15) is 5.11 Å². The number of aliphatic hydroxyl groups is 1. The van der Waals surface area contributed by atoms with Crippen LogP contribution >= 0.6 is 0 Å². The minimum atomic E-state index is -0.741. The van der Waals surface area contributed by atoms with Gasteiger partial charge in [-0.2, -0.15) is 0 Å². The molecule has 0 radical (unpaired) electrons. The average Bonchev–Trinajstić information content (AvgIpc) is 2.72. The van der Waals surface area contributed by atoms with Gasteiger partial charge in [-0.3, -0.25) is 0 Å². The summed E-state index contributed by atoms with van der Waals surface area (Å²) in [4.78, 5) is 0. The molecule has 4 nitrogen and oxygen atoms in total. The highest BCUT2D eigenvalue weighted by molar-refractivity contribution is 5.89. The summed E-state index contributed by atoms with van der Waals surface area (Å²) in [6.45, 7) is 0.506. The number of furan rings is 1. The molecule has 3 rings (SSSR count). The summed E-state index contributed by atoms with van der Waals surface area (Å²) in [6, 6.07) is 3.82. The first kappa shape index (κ1) is 10.6.